The molecule has 0 saturated carbocycles. The zero-order valence-electron chi connectivity index (χ0n) is 15.7. The predicted octanol–water partition coefficient (Wildman–Crippen LogP) is 2.26. The number of aryl methyl sites for hydroxylation is 1. The summed E-state index contributed by atoms with van der Waals surface area (Å²) in [5, 5.41) is 13.7. The van der Waals surface area contributed by atoms with Crippen LogP contribution >= 0.6 is 0 Å². The number of benzene rings is 2. The Labute approximate surface area is 162 Å². The molecule has 0 bridgehead atoms. The molecule has 1 N–H and O–H groups in total. The van der Waals surface area contributed by atoms with Crippen molar-refractivity contribution in [3.8, 4) is 0 Å². The average Bonchev–Trinajstić information content (AvgIpc) is 3.23. The number of carbonyl (C=O) groups excluding carboxylic acids is 2. The normalized spacial score (nSPS) is 11.6. The van der Waals surface area contributed by atoms with Crippen molar-refractivity contribution in [2.45, 2.75) is 26.3 Å². The Morgan fingerprint density at radius 1 is 1.11 bits per heavy atom. The molecule has 0 aliphatic heterocycles. The van der Waals surface area contributed by atoms with E-state index in [2.05, 4.69) is 20.8 Å². The van der Waals surface area contributed by atoms with Crippen LogP contribution in [0.3, 0.4) is 0 Å². The highest BCUT2D eigenvalue weighted by molar-refractivity contribution is 5.93. The monoisotopic (exact) mass is 379 g/mol. The molecule has 144 valence electrons. The minimum Gasteiger partial charge on any atom is -0.454 e. The van der Waals surface area contributed by atoms with Crippen LogP contribution < -0.4 is 5.32 Å². The number of anilines is 1. The number of hydrogen-bond donors (Lipinski definition) is 1. The van der Waals surface area contributed by atoms with Gasteiger partial charge in [-0.2, -0.15) is 0 Å². The van der Waals surface area contributed by atoms with Gasteiger partial charge in [0.25, 0.3) is 5.91 Å². The van der Waals surface area contributed by atoms with Crippen molar-refractivity contribution >= 4 is 17.6 Å². The van der Waals surface area contributed by atoms with Crippen molar-refractivity contribution in [1.29, 1.82) is 0 Å². The van der Waals surface area contributed by atoms with Gasteiger partial charge in [-0.15, -0.1) is 5.10 Å². The molecule has 8 heteroatoms. The van der Waals surface area contributed by atoms with Gasteiger partial charge in [-0.05, 0) is 47.0 Å². The molecule has 3 rings (SSSR count). The van der Waals surface area contributed by atoms with E-state index >= 15 is 0 Å². The number of ether oxygens (including phenoxy) is 1. The quantitative estimate of drug-likeness (QED) is 0.632. The van der Waals surface area contributed by atoms with Gasteiger partial charge in [-0.3, -0.25) is 4.79 Å². The summed E-state index contributed by atoms with van der Waals surface area (Å²) in [6.45, 7) is 3.50. The van der Waals surface area contributed by atoms with Gasteiger partial charge in [0.1, 0.15) is 6.33 Å². The van der Waals surface area contributed by atoms with Crippen molar-refractivity contribution in [2.24, 2.45) is 0 Å². The first-order valence-electron chi connectivity index (χ1n) is 8.83. The van der Waals surface area contributed by atoms with Gasteiger partial charge in [-0.25, -0.2) is 9.48 Å². The van der Waals surface area contributed by atoms with Crippen LogP contribution in [-0.4, -0.2) is 38.7 Å². The Balaban J connectivity index is 1.63. The molecule has 0 aliphatic carbocycles. The van der Waals surface area contributed by atoms with Crippen LogP contribution in [0.15, 0.2) is 54.9 Å². The van der Waals surface area contributed by atoms with Gasteiger partial charge in [0.15, 0.2) is 12.6 Å². The van der Waals surface area contributed by atoms with Gasteiger partial charge in [0.2, 0.25) is 0 Å². The summed E-state index contributed by atoms with van der Waals surface area (Å²) in [6, 6.07) is 14.3. The predicted molar refractivity (Wildman–Crippen MR) is 103 cm³/mol. The highest BCUT2D eigenvalue weighted by atomic mass is 16.5. The minimum atomic E-state index is -0.758. The lowest BCUT2D eigenvalue weighted by Gasteiger charge is -2.16. The number of nitrogens with one attached hydrogen (secondary N) is 1. The van der Waals surface area contributed by atoms with Crippen LogP contribution in [0.1, 0.15) is 22.7 Å². The molecule has 0 unspecified atom stereocenters. The second-order valence-electron chi connectivity index (χ2n) is 6.40. The summed E-state index contributed by atoms with van der Waals surface area (Å²) in [7, 11) is 0. The van der Waals surface area contributed by atoms with E-state index in [0.29, 0.717) is 12.1 Å². The summed E-state index contributed by atoms with van der Waals surface area (Å²) in [6.07, 6.45) is 1.70. The topological polar surface area (TPSA) is 99.0 Å². The smallest absolute Gasteiger partial charge is 0.331 e. The third-order valence-corrected chi connectivity index (χ3v) is 4.45. The lowest BCUT2D eigenvalue weighted by Crippen LogP contribution is -2.28. The SMILES string of the molecule is Cc1cccc(NC(=O)COC(=O)[C@@H](Cc2ccccc2)n2cnnn2)c1C. The molecule has 28 heavy (non-hydrogen) atoms. The van der Waals surface area contributed by atoms with Crippen LogP contribution in [-0.2, 0) is 20.7 Å². The van der Waals surface area contributed by atoms with Gasteiger partial charge >= 0.3 is 5.97 Å². The van der Waals surface area contributed by atoms with Crippen LogP contribution in [0.2, 0.25) is 0 Å². The number of aromatic nitrogens is 4. The molecule has 3 aromatic rings. The summed E-state index contributed by atoms with van der Waals surface area (Å²) in [5.74, 6) is -0.982. The molecule has 0 aliphatic rings. The lowest BCUT2D eigenvalue weighted by atomic mass is 10.1. The van der Waals surface area contributed by atoms with E-state index in [9.17, 15) is 9.59 Å². The molecule has 0 radical (unpaired) electrons. The minimum absolute atomic E-state index is 0.351. The van der Waals surface area contributed by atoms with Crippen LogP contribution in [0.5, 0.6) is 0 Å². The molecule has 1 heterocycles. The van der Waals surface area contributed by atoms with Gasteiger partial charge in [0, 0.05) is 12.1 Å². The van der Waals surface area contributed by atoms with Crippen molar-refractivity contribution in [2.75, 3.05) is 11.9 Å². The molecule has 1 amide bonds. The van der Waals surface area contributed by atoms with Crippen molar-refractivity contribution in [3.05, 3.63) is 71.5 Å². The Kier molecular flexibility index (Phi) is 6.11. The summed E-state index contributed by atoms with van der Waals surface area (Å²) >= 11 is 0. The van der Waals surface area contributed by atoms with Gasteiger partial charge < -0.3 is 10.1 Å². The third kappa shape index (κ3) is 4.79. The number of carbonyl (C=O) groups is 2. The Morgan fingerprint density at radius 2 is 1.89 bits per heavy atom. The molecule has 0 fully saturated rings. The standard InChI is InChI=1S/C20H21N5O3/c1-14-7-6-10-17(15(14)2)22-19(26)12-28-20(27)18(25-13-21-23-24-25)11-16-8-4-3-5-9-16/h3-10,13,18H,11-12H2,1-2H3,(H,22,26)/t18-/m1/s1. The van der Waals surface area contributed by atoms with E-state index in [0.717, 1.165) is 16.7 Å². The van der Waals surface area contributed by atoms with Gasteiger partial charge in [-0.1, -0.05) is 42.5 Å². The summed E-state index contributed by atoms with van der Waals surface area (Å²) < 4.78 is 6.57. The maximum atomic E-state index is 12.6. The fourth-order valence-corrected chi connectivity index (χ4v) is 2.74. The van der Waals surface area contributed by atoms with E-state index in [1.165, 1.54) is 11.0 Å². The van der Waals surface area contributed by atoms with E-state index in [4.69, 9.17) is 4.74 Å². The fourth-order valence-electron chi connectivity index (χ4n) is 2.74. The fraction of sp³-hybridized carbons (Fsp3) is 0.250. The zero-order chi connectivity index (χ0) is 19.9. The van der Waals surface area contributed by atoms with E-state index in [-0.39, 0.29) is 6.61 Å². The maximum absolute atomic E-state index is 12.6. The Hall–Kier alpha value is -3.55. The van der Waals surface area contributed by atoms with E-state index in [1.807, 2.05) is 56.3 Å². The van der Waals surface area contributed by atoms with E-state index in [1.54, 1.807) is 6.07 Å². The summed E-state index contributed by atoms with van der Waals surface area (Å²) in [4.78, 5) is 24.8. The third-order valence-electron chi connectivity index (χ3n) is 4.45. The van der Waals surface area contributed by atoms with Crippen LogP contribution in [0.25, 0.3) is 0 Å². The Bertz CT molecular complexity index is 942. The maximum Gasteiger partial charge on any atom is 0.331 e. The number of hydrogen-bond acceptors (Lipinski definition) is 6. The highest BCUT2D eigenvalue weighted by Gasteiger charge is 2.24. The zero-order valence-corrected chi connectivity index (χ0v) is 15.7. The summed E-state index contributed by atoms with van der Waals surface area (Å²) in [5.41, 5.74) is 3.66. The molecule has 0 spiro atoms. The molecule has 1 atom stereocenters. The largest absolute Gasteiger partial charge is 0.454 e. The van der Waals surface area contributed by atoms with Crippen molar-refractivity contribution in [1.82, 2.24) is 20.2 Å². The second kappa shape index (κ2) is 8.90. The molecular weight excluding hydrogens is 358 g/mol. The number of tetrazole rings is 1. The molecule has 2 aromatic carbocycles. The first kappa shape index (κ1) is 19.2. The number of nitrogens with zero attached hydrogens (tertiary/aromatic N) is 4. The van der Waals surface area contributed by atoms with Crippen LogP contribution in [0, 0.1) is 13.8 Å². The Morgan fingerprint density at radius 3 is 2.61 bits per heavy atom. The lowest BCUT2D eigenvalue weighted by molar-refractivity contribution is -0.151. The average molecular weight is 379 g/mol. The molecular formula is C20H21N5O3. The second-order valence-corrected chi connectivity index (χ2v) is 6.40. The number of esters is 1. The molecule has 1 aromatic heterocycles. The highest BCUT2D eigenvalue weighted by Crippen LogP contribution is 2.18. The number of rotatable bonds is 7. The molecule has 8 nitrogen and oxygen atoms in total. The van der Waals surface area contributed by atoms with Crippen LogP contribution in [0.4, 0.5) is 5.69 Å². The molecule has 0 saturated heterocycles. The van der Waals surface area contributed by atoms with Crippen molar-refractivity contribution < 1.29 is 14.3 Å². The number of amides is 1. The van der Waals surface area contributed by atoms with Crippen molar-refractivity contribution in [3.63, 3.8) is 0 Å². The first-order valence-corrected chi connectivity index (χ1v) is 8.83. The van der Waals surface area contributed by atoms with Gasteiger partial charge in [0.05, 0.1) is 0 Å². The first-order chi connectivity index (χ1) is 13.5. The van der Waals surface area contributed by atoms with E-state index < -0.39 is 17.9 Å².